The molecule has 0 atom stereocenters. The smallest absolute Gasteiger partial charge is 0.120 e. The minimum absolute atomic E-state index is 0.103. The maximum atomic E-state index is 6.48. The Morgan fingerprint density at radius 3 is 2.42 bits per heavy atom. The summed E-state index contributed by atoms with van der Waals surface area (Å²) < 4.78 is 5.24. The highest BCUT2D eigenvalue weighted by atomic mass is 35.5. The van der Waals surface area contributed by atoms with E-state index in [4.69, 9.17) is 44.5 Å². The van der Waals surface area contributed by atoms with E-state index in [9.17, 15) is 0 Å². The summed E-state index contributed by atoms with van der Waals surface area (Å²) in [6, 6.07) is 11.4. The van der Waals surface area contributed by atoms with Gasteiger partial charge in [0.2, 0.25) is 0 Å². The van der Waals surface area contributed by atoms with Gasteiger partial charge in [0.25, 0.3) is 0 Å². The van der Waals surface area contributed by atoms with Crippen molar-refractivity contribution in [2.75, 3.05) is 7.11 Å². The third-order valence-corrected chi connectivity index (χ3v) is 6.87. The fourth-order valence-electron chi connectivity index (χ4n) is 3.27. The van der Waals surface area contributed by atoms with E-state index in [2.05, 4.69) is 6.92 Å². The number of aryl methyl sites for hydroxylation is 1. The van der Waals surface area contributed by atoms with E-state index in [1.165, 1.54) is 0 Å². The van der Waals surface area contributed by atoms with Crippen LogP contribution in [0.1, 0.15) is 28.3 Å². The number of benzene rings is 2. The number of halogens is 3. The average Bonchev–Trinajstić information content (AvgIpc) is 3.31. The normalized spacial score (nSPS) is 15.1. The van der Waals surface area contributed by atoms with Crippen molar-refractivity contribution in [3.8, 4) is 17.0 Å². The quantitative estimate of drug-likeness (QED) is 0.443. The summed E-state index contributed by atoms with van der Waals surface area (Å²) >= 11 is 20.7. The van der Waals surface area contributed by atoms with Crippen molar-refractivity contribution in [3.63, 3.8) is 0 Å². The molecule has 4 rings (SSSR count). The lowest BCUT2D eigenvalue weighted by Gasteiger charge is -2.14. The number of hydrogen-bond donors (Lipinski definition) is 0. The van der Waals surface area contributed by atoms with Gasteiger partial charge in [0.1, 0.15) is 10.8 Å². The van der Waals surface area contributed by atoms with Crippen LogP contribution in [0.2, 0.25) is 15.1 Å². The first-order valence-electron chi connectivity index (χ1n) is 8.22. The molecule has 1 heterocycles. The second-order valence-corrected chi connectivity index (χ2v) is 8.93. The molecule has 134 valence electrons. The first-order chi connectivity index (χ1) is 12.4. The Kier molecular flexibility index (Phi) is 4.68. The molecule has 1 saturated carbocycles. The number of nitrogens with zero attached hydrogens (tertiary/aromatic N) is 1. The van der Waals surface area contributed by atoms with Gasteiger partial charge in [0.05, 0.1) is 17.8 Å². The lowest BCUT2D eigenvalue weighted by molar-refractivity contribution is 0.415. The van der Waals surface area contributed by atoms with E-state index < -0.39 is 0 Å². The van der Waals surface area contributed by atoms with Crippen LogP contribution in [-0.4, -0.2) is 12.1 Å². The van der Waals surface area contributed by atoms with Crippen LogP contribution in [0.15, 0.2) is 36.4 Å². The first kappa shape index (κ1) is 18.1. The van der Waals surface area contributed by atoms with Crippen molar-refractivity contribution < 1.29 is 4.74 Å². The molecule has 26 heavy (non-hydrogen) atoms. The van der Waals surface area contributed by atoms with Crippen LogP contribution >= 0.6 is 46.1 Å². The van der Waals surface area contributed by atoms with Crippen molar-refractivity contribution in [3.05, 3.63) is 66.9 Å². The van der Waals surface area contributed by atoms with Crippen molar-refractivity contribution in [2.24, 2.45) is 0 Å². The number of rotatable bonds is 4. The number of hydrogen-bond acceptors (Lipinski definition) is 3. The van der Waals surface area contributed by atoms with Gasteiger partial charge in [-0.15, -0.1) is 11.3 Å². The van der Waals surface area contributed by atoms with Gasteiger partial charge < -0.3 is 4.74 Å². The van der Waals surface area contributed by atoms with E-state index in [1.807, 2.05) is 30.3 Å². The van der Waals surface area contributed by atoms with Crippen molar-refractivity contribution in [2.45, 2.75) is 25.2 Å². The van der Waals surface area contributed by atoms with Crippen molar-refractivity contribution in [1.82, 2.24) is 4.98 Å². The predicted molar refractivity (Wildman–Crippen MR) is 110 cm³/mol. The molecule has 0 bridgehead atoms. The van der Waals surface area contributed by atoms with Crippen LogP contribution in [0.3, 0.4) is 0 Å². The lowest BCUT2D eigenvalue weighted by atomic mass is 9.96. The molecule has 0 amide bonds. The molecule has 1 aromatic heterocycles. The summed E-state index contributed by atoms with van der Waals surface area (Å²) in [5, 5.41) is 3.07. The molecule has 3 aromatic rings. The summed E-state index contributed by atoms with van der Waals surface area (Å²) in [5.41, 5.74) is 2.85. The van der Waals surface area contributed by atoms with Gasteiger partial charge in [-0.2, -0.15) is 0 Å². The molecule has 0 spiro atoms. The van der Waals surface area contributed by atoms with Gasteiger partial charge in [-0.05, 0) is 55.7 Å². The van der Waals surface area contributed by atoms with E-state index >= 15 is 0 Å². The van der Waals surface area contributed by atoms with Crippen LogP contribution in [0.5, 0.6) is 5.75 Å². The molecule has 1 aliphatic carbocycles. The van der Waals surface area contributed by atoms with Crippen LogP contribution < -0.4 is 4.74 Å². The molecule has 0 aliphatic heterocycles. The highest BCUT2D eigenvalue weighted by Gasteiger charge is 2.50. The highest BCUT2D eigenvalue weighted by molar-refractivity contribution is 7.12. The zero-order valence-electron chi connectivity index (χ0n) is 14.3. The molecule has 1 aliphatic rings. The fraction of sp³-hybridized carbons (Fsp3) is 0.250. The monoisotopic (exact) mass is 423 g/mol. The summed E-state index contributed by atoms with van der Waals surface area (Å²) in [4.78, 5) is 6.11. The zero-order chi connectivity index (χ0) is 18.5. The van der Waals surface area contributed by atoms with Crippen LogP contribution in [0.25, 0.3) is 11.3 Å². The molecule has 6 heteroatoms. The summed E-state index contributed by atoms with van der Waals surface area (Å²) in [7, 11) is 1.63. The highest BCUT2D eigenvalue weighted by Crippen LogP contribution is 2.57. The first-order valence-corrected chi connectivity index (χ1v) is 10.2. The second kappa shape index (κ2) is 6.72. The molecular formula is C20H16Cl3NOS. The van der Waals surface area contributed by atoms with Crippen molar-refractivity contribution in [1.29, 1.82) is 0 Å². The van der Waals surface area contributed by atoms with E-state index in [0.29, 0.717) is 15.1 Å². The lowest BCUT2D eigenvalue weighted by Crippen LogP contribution is -2.09. The maximum absolute atomic E-state index is 6.48. The van der Waals surface area contributed by atoms with Gasteiger partial charge in [-0.25, -0.2) is 4.98 Å². The molecule has 0 unspecified atom stereocenters. The van der Waals surface area contributed by atoms with Gasteiger partial charge in [-0.3, -0.25) is 0 Å². The number of aromatic nitrogens is 1. The third kappa shape index (κ3) is 3.01. The van der Waals surface area contributed by atoms with E-state index in [-0.39, 0.29) is 5.41 Å². The minimum Gasteiger partial charge on any atom is -0.497 e. The predicted octanol–water partition coefficient (Wildman–Crippen LogP) is 7.17. The molecule has 0 N–H and O–H groups in total. The summed E-state index contributed by atoms with van der Waals surface area (Å²) in [6.07, 6.45) is 2.08. The Bertz CT molecular complexity index is 995. The van der Waals surface area contributed by atoms with Gasteiger partial charge in [0.15, 0.2) is 0 Å². The number of thiazole rings is 1. The SMILES string of the molecule is COc1ccc(-c2nc(C3(c4ccc(Cl)cc4Cl)CC3)sc2C)c(Cl)c1. The average molecular weight is 425 g/mol. The van der Waals surface area contributed by atoms with E-state index in [1.54, 1.807) is 24.5 Å². The molecule has 2 aromatic carbocycles. The Morgan fingerprint density at radius 2 is 1.81 bits per heavy atom. The van der Waals surface area contributed by atoms with E-state index in [0.717, 1.165) is 45.3 Å². The van der Waals surface area contributed by atoms with Gasteiger partial charge in [-0.1, -0.05) is 40.9 Å². The molecule has 2 nitrogen and oxygen atoms in total. The van der Waals surface area contributed by atoms with Gasteiger partial charge in [0, 0.05) is 25.9 Å². The Balaban J connectivity index is 1.77. The summed E-state index contributed by atoms with van der Waals surface area (Å²) in [6.45, 7) is 2.08. The van der Waals surface area contributed by atoms with Crippen molar-refractivity contribution >= 4 is 46.1 Å². The molecule has 0 saturated heterocycles. The van der Waals surface area contributed by atoms with Gasteiger partial charge >= 0.3 is 0 Å². The molecular weight excluding hydrogens is 409 g/mol. The Hall–Kier alpha value is -1.26. The molecule has 1 fully saturated rings. The van der Waals surface area contributed by atoms with Crippen LogP contribution in [-0.2, 0) is 5.41 Å². The Labute approximate surface area is 171 Å². The minimum atomic E-state index is -0.103. The third-order valence-electron chi connectivity index (χ3n) is 4.83. The topological polar surface area (TPSA) is 22.1 Å². The largest absolute Gasteiger partial charge is 0.497 e. The molecule has 0 radical (unpaired) electrons. The standard InChI is InChI=1S/C20H16Cl3NOS/c1-11-18(14-5-4-13(25-2)10-16(14)22)24-19(26-11)20(7-8-20)15-6-3-12(21)9-17(15)23/h3-6,9-10H,7-8H2,1-2H3. The van der Waals surface area contributed by atoms with Crippen LogP contribution in [0.4, 0.5) is 0 Å². The van der Waals surface area contributed by atoms with Crippen LogP contribution in [0, 0.1) is 6.92 Å². The summed E-state index contributed by atoms with van der Waals surface area (Å²) in [5.74, 6) is 0.735. The fourth-order valence-corrected chi connectivity index (χ4v) is 5.30. The second-order valence-electron chi connectivity index (χ2n) is 6.48. The zero-order valence-corrected chi connectivity index (χ0v) is 17.4. The number of methoxy groups -OCH3 is 1. The maximum Gasteiger partial charge on any atom is 0.120 e. The number of ether oxygens (including phenoxy) is 1. The Morgan fingerprint density at radius 1 is 1.04 bits per heavy atom.